The number of hydrogen-bond donors (Lipinski definition) is 0. The Balaban J connectivity index is 2.05. The first-order chi connectivity index (χ1) is 9.63. The van der Waals surface area contributed by atoms with Crippen molar-refractivity contribution in [2.24, 2.45) is 0 Å². The number of ether oxygens (including phenoxy) is 1. The minimum atomic E-state index is -0.557. The molecule has 3 aromatic rings. The fourth-order valence-corrected chi connectivity index (χ4v) is 1.93. The molecule has 0 aliphatic heterocycles. The highest BCUT2D eigenvalue weighted by atomic mass is 19.1. The highest BCUT2D eigenvalue weighted by molar-refractivity contribution is 5.81. The van der Waals surface area contributed by atoms with Gasteiger partial charge in [0.25, 0.3) is 5.88 Å². The Morgan fingerprint density at radius 1 is 1.25 bits per heavy atom. The number of rotatable bonds is 2. The van der Waals surface area contributed by atoms with E-state index in [1.54, 1.807) is 12.1 Å². The molecule has 3 rings (SSSR count). The summed E-state index contributed by atoms with van der Waals surface area (Å²) in [6, 6.07) is 9.12. The van der Waals surface area contributed by atoms with E-state index in [1.165, 1.54) is 30.5 Å². The predicted octanol–water partition coefficient (Wildman–Crippen LogP) is 3.43. The van der Waals surface area contributed by atoms with Gasteiger partial charge in [0.2, 0.25) is 0 Å². The quantitative estimate of drug-likeness (QED) is 0.670. The van der Waals surface area contributed by atoms with Crippen molar-refractivity contribution in [1.82, 2.24) is 4.98 Å². The summed E-state index contributed by atoms with van der Waals surface area (Å²) in [5.74, 6) is -0.330. The summed E-state index contributed by atoms with van der Waals surface area (Å²) < 4.78 is 23.9. The largest absolute Gasteiger partial charge is 0.436 e. The molecule has 0 spiro atoms. The summed E-state index contributed by atoms with van der Waals surface area (Å²) >= 11 is 0. The number of hydrogen-bond acceptors (Lipinski definition) is 4. The summed E-state index contributed by atoms with van der Waals surface area (Å²) in [6.45, 7) is 1.82. The zero-order valence-corrected chi connectivity index (χ0v) is 10.6. The van der Waals surface area contributed by atoms with E-state index in [0.717, 1.165) is 10.9 Å². The van der Waals surface area contributed by atoms with Crippen LogP contribution in [0.1, 0.15) is 5.56 Å². The first-order valence-corrected chi connectivity index (χ1v) is 5.96. The van der Waals surface area contributed by atoms with Gasteiger partial charge in [-0.1, -0.05) is 0 Å². The van der Waals surface area contributed by atoms with Gasteiger partial charge in [0.05, 0.1) is 0 Å². The lowest BCUT2D eigenvalue weighted by Crippen LogP contribution is -1.98. The average Bonchev–Trinajstić information content (AvgIpc) is 2.41. The van der Waals surface area contributed by atoms with Gasteiger partial charge >= 0.3 is 5.63 Å². The zero-order chi connectivity index (χ0) is 14.1. The van der Waals surface area contributed by atoms with Crippen molar-refractivity contribution >= 4 is 11.0 Å². The van der Waals surface area contributed by atoms with Gasteiger partial charge < -0.3 is 9.15 Å². The molecule has 5 heteroatoms. The molecule has 2 heterocycles. The Hall–Kier alpha value is -2.69. The third kappa shape index (κ3) is 2.25. The minimum absolute atomic E-state index is 0.123. The van der Waals surface area contributed by atoms with E-state index < -0.39 is 11.4 Å². The van der Waals surface area contributed by atoms with Crippen molar-refractivity contribution in [3.05, 3.63) is 64.4 Å². The molecule has 0 saturated carbocycles. The molecule has 0 atom stereocenters. The van der Waals surface area contributed by atoms with E-state index in [0.29, 0.717) is 11.3 Å². The molecule has 2 aromatic heterocycles. The molecule has 0 fully saturated rings. The van der Waals surface area contributed by atoms with Gasteiger partial charge in [0.1, 0.15) is 11.3 Å². The van der Waals surface area contributed by atoms with Crippen molar-refractivity contribution in [3.8, 4) is 11.6 Å². The van der Waals surface area contributed by atoms with Gasteiger partial charge in [0, 0.05) is 23.7 Å². The van der Waals surface area contributed by atoms with E-state index in [9.17, 15) is 9.18 Å². The van der Waals surface area contributed by atoms with Crippen LogP contribution in [-0.2, 0) is 0 Å². The molecule has 0 aliphatic carbocycles. The van der Waals surface area contributed by atoms with Gasteiger partial charge in [-0.25, -0.2) is 14.2 Å². The fraction of sp³-hybridized carbons (Fsp3) is 0.0667. The third-order valence-corrected chi connectivity index (χ3v) is 2.86. The smallest absolute Gasteiger partial charge is 0.336 e. The number of aryl methyl sites for hydroxylation is 1. The van der Waals surface area contributed by atoms with Gasteiger partial charge in [-0.15, -0.1) is 0 Å². The van der Waals surface area contributed by atoms with E-state index in [4.69, 9.17) is 9.15 Å². The van der Waals surface area contributed by atoms with Crippen molar-refractivity contribution in [1.29, 1.82) is 0 Å². The summed E-state index contributed by atoms with van der Waals surface area (Å²) in [6.07, 6.45) is 1.43. The van der Waals surface area contributed by atoms with E-state index in [-0.39, 0.29) is 5.88 Å². The number of nitrogens with zero attached hydrogens (tertiary/aromatic N) is 1. The second kappa shape index (κ2) is 4.77. The van der Waals surface area contributed by atoms with Crippen LogP contribution in [0.25, 0.3) is 11.0 Å². The molecule has 20 heavy (non-hydrogen) atoms. The number of pyridine rings is 1. The Kier molecular flexibility index (Phi) is 2.95. The summed E-state index contributed by atoms with van der Waals surface area (Å²) in [5.41, 5.74) is 0.770. The molecule has 0 unspecified atom stereocenters. The molecule has 0 saturated heterocycles. The lowest BCUT2D eigenvalue weighted by Gasteiger charge is -2.06. The maximum atomic E-state index is 13.5. The Morgan fingerprint density at radius 3 is 2.90 bits per heavy atom. The van der Waals surface area contributed by atoms with E-state index in [1.807, 2.05) is 6.92 Å². The van der Waals surface area contributed by atoms with Crippen LogP contribution < -0.4 is 10.4 Å². The van der Waals surface area contributed by atoms with Crippen molar-refractivity contribution in [2.45, 2.75) is 6.92 Å². The molecule has 1 aromatic carbocycles. The molecular formula is C15H10FNO3. The Morgan fingerprint density at radius 2 is 2.10 bits per heavy atom. The molecule has 0 bridgehead atoms. The van der Waals surface area contributed by atoms with Crippen LogP contribution in [0, 0.1) is 12.7 Å². The van der Waals surface area contributed by atoms with Crippen LogP contribution in [0.15, 0.2) is 51.8 Å². The summed E-state index contributed by atoms with van der Waals surface area (Å²) in [5, 5.41) is 0.804. The lowest BCUT2D eigenvalue weighted by atomic mass is 10.1. The van der Waals surface area contributed by atoms with Crippen LogP contribution in [0.3, 0.4) is 0 Å². The predicted molar refractivity (Wildman–Crippen MR) is 71.5 cm³/mol. The molecular weight excluding hydrogens is 261 g/mol. The van der Waals surface area contributed by atoms with Crippen molar-refractivity contribution < 1.29 is 13.5 Å². The van der Waals surface area contributed by atoms with Crippen molar-refractivity contribution in [3.63, 3.8) is 0 Å². The SMILES string of the molecule is Cc1cc(=O)oc2cc(Oc3ncccc3F)ccc12. The fourth-order valence-electron chi connectivity index (χ4n) is 1.93. The lowest BCUT2D eigenvalue weighted by molar-refractivity contribution is 0.422. The monoisotopic (exact) mass is 271 g/mol. The highest BCUT2D eigenvalue weighted by Crippen LogP contribution is 2.26. The summed E-state index contributed by atoms with van der Waals surface area (Å²) in [4.78, 5) is 15.1. The van der Waals surface area contributed by atoms with Gasteiger partial charge in [-0.2, -0.15) is 0 Å². The topological polar surface area (TPSA) is 52.3 Å². The van der Waals surface area contributed by atoms with E-state index in [2.05, 4.69) is 4.98 Å². The maximum absolute atomic E-state index is 13.5. The Bertz CT molecular complexity index is 842. The second-order valence-electron chi connectivity index (χ2n) is 4.30. The average molecular weight is 271 g/mol. The molecule has 100 valence electrons. The maximum Gasteiger partial charge on any atom is 0.336 e. The number of fused-ring (bicyclic) bond motifs is 1. The standard InChI is InChI=1S/C15H10FNO3/c1-9-7-14(18)20-13-8-10(4-5-11(9)13)19-15-12(16)3-2-6-17-15/h2-8H,1H3. The first kappa shape index (κ1) is 12.3. The van der Waals surface area contributed by atoms with E-state index >= 15 is 0 Å². The summed E-state index contributed by atoms with van der Waals surface area (Å²) in [7, 11) is 0. The minimum Gasteiger partial charge on any atom is -0.436 e. The first-order valence-electron chi connectivity index (χ1n) is 5.96. The number of benzene rings is 1. The van der Waals surface area contributed by atoms with Gasteiger partial charge in [-0.05, 0) is 36.8 Å². The molecule has 0 aliphatic rings. The van der Waals surface area contributed by atoms with Crippen molar-refractivity contribution in [2.75, 3.05) is 0 Å². The van der Waals surface area contributed by atoms with Crippen LogP contribution in [0.4, 0.5) is 4.39 Å². The normalized spacial score (nSPS) is 10.7. The van der Waals surface area contributed by atoms with Crippen LogP contribution >= 0.6 is 0 Å². The zero-order valence-electron chi connectivity index (χ0n) is 10.6. The molecule has 0 radical (unpaired) electrons. The van der Waals surface area contributed by atoms with Crippen LogP contribution in [0.5, 0.6) is 11.6 Å². The second-order valence-corrected chi connectivity index (χ2v) is 4.30. The van der Waals surface area contributed by atoms with Gasteiger partial charge in [-0.3, -0.25) is 0 Å². The Labute approximate surface area is 113 Å². The number of aromatic nitrogens is 1. The third-order valence-electron chi connectivity index (χ3n) is 2.86. The van der Waals surface area contributed by atoms with Gasteiger partial charge in [0.15, 0.2) is 5.82 Å². The van der Waals surface area contributed by atoms with Crippen LogP contribution in [-0.4, -0.2) is 4.98 Å². The molecule has 0 N–H and O–H groups in total. The highest BCUT2D eigenvalue weighted by Gasteiger charge is 2.08. The molecule has 0 amide bonds. The molecule has 4 nitrogen and oxygen atoms in total. The number of halogens is 1. The van der Waals surface area contributed by atoms with Crippen LogP contribution in [0.2, 0.25) is 0 Å².